The van der Waals surface area contributed by atoms with Gasteiger partial charge in [0.05, 0.1) is 18.8 Å². The number of amides is 3. The Balaban J connectivity index is 2.77. The highest BCUT2D eigenvalue weighted by Gasteiger charge is 2.37. The van der Waals surface area contributed by atoms with Gasteiger partial charge in [-0.3, -0.25) is 14.4 Å². The summed E-state index contributed by atoms with van der Waals surface area (Å²) in [5.41, 5.74) is 5.56. The summed E-state index contributed by atoms with van der Waals surface area (Å²) in [6.07, 6.45) is -0.397. The molecule has 1 aliphatic rings. The van der Waals surface area contributed by atoms with E-state index in [9.17, 15) is 29.4 Å². The SMILES string of the molecule is CC(N)C(=O)N1CCCC1C(=O)NC(CO)C(=O)NC(C(=O)O)C(C)O. The van der Waals surface area contributed by atoms with Crippen LogP contribution in [0.5, 0.6) is 0 Å². The average molecular weight is 374 g/mol. The third-order valence-electron chi connectivity index (χ3n) is 4.09. The van der Waals surface area contributed by atoms with E-state index in [0.717, 1.165) is 0 Å². The first-order valence-corrected chi connectivity index (χ1v) is 8.28. The lowest BCUT2D eigenvalue weighted by Crippen LogP contribution is -2.58. The summed E-state index contributed by atoms with van der Waals surface area (Å²) in [6.45, 7) is 2.26. The molecule has 1 aliphatic heterocycles. The minimum atomic E-state index is -1.59. The maximum Gasteiger partial charge on any atom is 0.328 e. The number of aliphatic carboxylic acids is 1. The van der Waals surface area contributed by atoms with Crippen molar-refractivity contribution in [3.05, 3.63) is 0 Å². The van der Waals surface area contributed by atoms with E-state index < -0.39 is 60.6 Å². The number of hydrogen-bond donors (Lipinski definition) is 6. The Labute approximate surface area is 150 Å². The van der Waals surface area contributed by atoms with E-state index in [4.69, 9.17) is 10.8 Å². The zero-order valence-corrected chi connectivity index (χ0v) is 14.7. The van der Waals surface area contributed by atoms with Crippen LogP contribution in [0.2, 0.25) is 0 Å². The molecule has 3 amide bonds. The van der Waals surface area contributed by atoms with Gasteiger partial charge in [0.25, 0.3) is 0 Å². The largest absolute Gasteiger partial charge is 0.480 e. The van der Waals surface area contributed by atoms with Crippen LogP contribution in [0, 0.1) is 0 Å². The smallest absolute Gasteiger partial charge is 0.328 e. The van der Waals surface area contributed by atoms with Gasteiger partial charge >= 0.3 is 5.97 Å². The summed E-state index contributed by atoms with van der Waals surface area (Å²) in [7, 11) is 0. The van der Waals surface area contributed by atoms with Crippen molar-refractivity contribution < 1.29 is 34.5 Å². The lowest BCUT2D eigenvalue weighted by molar-refractivity contribution is -0.145. The lowest BCUT2D eigenvalue weighted by atomic mass is 10.1. The number of carboxylic acid groups (broad SMARTS) is 1. The normalized spacial score (nSPS) is 21.4. The molecule has 0 aromatic heterocycles. The summed E-state index contributed by atoms with van der Waals surface area (Å²) in [5.74, 6) is -3.46. The number of carbonyl (C=O) groups is 4. The predicted molar refractivity (Wildman–Crippen MR) is 88.6 cm³/mol. The molecule has 1 rings (SSSR count). The number of aliphatic hydroxyl groups is 2. The Morgan fingerprint density at radius 3 is 2.31 bits per heavy atom. The Morgan fingerprint density at radius 1 is 1.23 bits per heavy atom. The van der Waals surface area contributed by atoms with E-state index in [1.165, 1.54) is 18.7 Å². The summed E-state index contributed by atoms with van der Waals surface area (Å²) in [5, 5.41) is 32.1. The van der Waals surface area contributed by atoms with Crippen LogP contribution in [0.4, 0.5) is 0 Å². The van der Waals surface area contributed by atoms with Crippen molar-refractivity contribution in [2.75, 3.05) is 13.2 Å². The molecule has 0 aliphatic carbocycles. The molecule has 0 spiro atoms. The number of nitrogens with two attached hydrogens (primary N) is 1. The van der Waals surface area contributed by atoms with E-state index in [-0.39, 0.29) is 0 Å². The molecule has 0 radical (unpaired) electrons. The molecule has 1 fully saturated rings. The van der Waals surface area contributed by atoms with Crippen molar-refractivity contribution in [2.45, 2.75) is 57.0 Å². The Morgan fingerprint density at radius 2 is 1.85 bits per heavy atom. The molecule has 148 valence electrons. The highest BCUT2D eigenvalue weighted by molar-refractivity contribution is 5.94. The lowest BCUT2D eigenvalue weighted by Gasteiger charge is -2.27. The first kappa shape index (κ1) is 21.8. The van der Waals surface area contributed by atoms with Crippen molar-refractivity contribution in [2.24, 2.45) is 5.73 Å². The molecule has 11 nitrogen and oxygen atoms in total. The van der Waals surface area contributed by atoms with Gasteiger partial charge in [-0.05, 0) is 26.7 Å². The zero-order valence-electron chi connectivity index (χ0n) is 14.7. The van der Waals surface area contributed by atoms with Crippen LogP contribution in [-0.4, -0.2) is 87.3 Å². The molecule has 5 unspecified atom stereocenters. The van der Waals surface area contributed by atoms with Crippen molar-refractivity contribution in [3.63, 3.8) is 0 Å². The van der Waals surface area contributed by atoms with Gasteiger partial charge in [0.15, 0.2) is 6.04 Å². The molecule has 11 heteroatoms. The average Bonchev–Trinajstić information content (AvgIpc) is 3.05. The van der Waals surface area contributed by atoms with Gasteiger partial charge in [0.1, 0.15) is 12.1 Å². The quantitative estimate of drug-likeness (QED) is 0.256. The van der Waals surface area contributed by atoms with Crippen LogP contribution < -0.4 is 16.4 Å². The minimum Gasteiger partial charge on any atom is -0.480 e. The summed E-state index contributed by atoms with van der Waals surface area (Å²) < 4.78 is 0. The van der Waals surface area contributed by atoms with Crippen LogP contribution >= 0.6 is 0 Å². The molecular weight excluding hydrogens is 348 g/mol. The van der Waals surface area contributed by atoms with Crippen LogP contribution in [0.25, 0.3) is 0 Å². The maximum absolute atomic E-state index is 12.4. The molecule has 1 heterocycles. The van der Waals surface area contributed by atoms with Gasteiger partial charge in [-0.2, -0.15) is 0 Å². The highest BCUT2D eigenvalue weighted by atomic mass is 16.4. The van der Waals surface area contributed by atoms with E-state index in [0.29, 0.717) is 19.4 Å². The molecule has 0 aromatic rings. The van der Waals surface area contributed by atoms with Crippen molar-refractivity contribution >= 4 is 23.7 Å². The number of aliphatic hydroxyl groups excluding tert-OH is 2. The second-order valence-corrected chi connectivity index (χ2v) is 6.29. The van der Waals surface area contributed by atoms with Gasteiger partial charge < -0.3 is 36.6 Å². The Bertz CT molecular complexity index is 552. The van der Waals surface area contributed by atoms with E-state index in [1.54, 1.807) is 0 Å². The third-order valence-corrected chi connectivity index (χ3v) is 4.09. The van der Waals surface area contributed by atoms with Crippen molar-refractivity contribution in [3.8, 4) is 0 Å². The number of likely N-dealkylation sites (tertiary alicyclic amines) is 1. The maximum atomic E-state index is 12.4. The number of rotatable bonds is 8. The van der Waals surface area contributed by atoms with E-state index in [2.05, 4.69) is 10.6 Å². The number of carbonyl (C=O) groups excluding carboxylic acids is 3. The van der Waals surface area contributed by atoms with Crippen LogP contribution in [0.3, 0.4) is 0 Å². The fourth-order valence-electron chi connectivity index (χ4n) is 2.67. The fraction of sp³-hybridized carbons (Fsp3) is 0.733. The first-order valence-electron chi connectivity index (χ1n) is 8.28. The first-order chi connectivity index (χ1) is 12.1. The van der Waals surface area contributed by atoms with Crippen LogP contribution in [-0.2, 0) is 19.2 Å². The number of hydrogen-bond acceptors (Lipinski definition) is 7. The van der Waals surface area contributed by atoms with Crippen LogP contribution in [0.15, 0.2) is 0 Å². The van der Waals surface area contributed by atoms with Crippen LogP contribution in [0.1, 0.15) is 26.7 Å². The third kappa shape index (κ3) is 5.38. The number of carboxylic acids is 1. The summed E-state index contributed by atoms with van der Waals surface area (Å²) in [4.78, 5) is 48.9. The van der Waals surface area contributed by atoms with E-state index >= 15 is 0 Å². The topological polar surface area (TPSA) is 182 Å². The van der Waals surface area contributed by atoms with Gasteiger partial charge in [-0.25, -0.2) is 4.79 Å². The molecular formula is C15H26N4O7. The summed E-state index contributed by atoms with van der Waals surface area (Å²) in [6, 6.07) is -4.60. The Hall–Kier alpha value is -2.24. The van der Waals surface area contributed by atoms with Gasteiger partial charge in [-0.15, -0.1) is 0 Å². The Kier molecular flexibility index (Phi) is 7.93. The number of nitrogens with zero attached hydrogens (tertiary/aromatic N) is 1. The van der Waals surface area contributed by atoms with Gasteiger partial charge in [-0.1, -0.05) is 0 Å². The standard InChI is InChI=1S/C15H26N4O7/c1-7(16)14(24)19-5-3-4-10(19)13(23)17-9(6-20)12(22)18-11(8(2)21)15(25)26/h7-11,20-21H,3-6,16H2,1-2H3,(H,17,23)(H,18,22)(H,25,26). The zero-order chi connectivity index (χ0) is 20.0. The monoisotopic (exact) mass is 374 g/mol. The second kappa shape index (κ2) is 9.46. The highest BCUT2D eigenvalue weighted by Crippen LogP contribution is 2.18. The minimum absolute atomic E-state index is 0.359. The molecule has 5 atom stereocenters. The summed E-state index contributed by atoms with van der Waals surface area (Å²) >= 11 is 0. The van der Waals surface area contributed by atoms with E-state index in [1.807, 2.05) is 0 Å². The van der Waals surface area contributed by atoms with Gasteiger partial charge in [0, 0.05) is 6.54 Å². The molecule has 0 aromatic carbocycles. The molecule has 7 N–H and O–H groups in total. The van der Waals surface area contributed by atoms with Gasteiger partial charge in [0.2, 0.25) is 17.7 Å². The molecule has 26 heavy (non-hydrogen) atoms. The van der Waals surface area contributed by atoms with Crippen molar-refractivity contribution in [1.82, 2.24) is 15.5 Å². The molecule has 0 bridgehead atoms. The second-order valence-electron chi connectivity index (χ2n) is 6.29. The predicted octanol–water partition coefficient (Wildman–Crippen LogP) is -3.25. The van der Waals surface area contributed by atoms with Crippen molar-refractivity contribution in [1.29, 1.82) is 0 Å². The fourth-order valence-corrected chi connectivity index (χ4v) is 2.67. The molecule has 0 saturated carbocycles. The molecule has 1 saturated heterocycles. The number of nitrogens with one attached hydrogen (secondary N) is 2.